The van der Waals surface area contributed by atoms with Crippen molar-refractivity contribution >= 4 is 12.4 Å². The minimum absolute atomic E-state index is 0. The number of benzene rings is 1. The molecule has 0 fully saturated rings. The highest BCUT2D eigenvalue weighted by atomic mass is 35.5. The van der Waals surface area contributed by atoms with Crippen molar-refractivity contribution in [3.05, 3.63) is 35.1 Å². The van der Waals surface area contributed by atoms with Crippen LogP contribution in [0.25, 0.3) is 0 Å². The molecule has 116 valence electrons. The van der Waals surface area contributed by atoms with Gasteiger partial charge in [-0.15, -0.1) is 12.4 Å². The Balaban J connectivity index is 0.00000361. The Kier molecular flexibility index (Phi) is 5.82. The van der Waals surface area contributed by atoms with Crippen molar-refractivity contribution in [3.63, 3.8) is 0 Å². The van der Waals surface area contributed by atoms with Crippen LogP contribution in [-0.4, -0.2) is 17.4 Å². The van der Waals surface area contributed by atoms with E-state index in [0.29, 0.717) is 6.07 Å². The van der Waals surface area contributed by atoms with Crippen LogP contribution in [-0.2, 0) is 6.18 Å². The molecular formula is C10H9ClF7NO. The maximum absolute atomic E-state index is 12.9. The van der Waals surface area contributed by atoms with Gasteiger partial charge < -0.3 is 10.8 Å². The van der Waals surface area contributed by atoms with Gasteiger partial charge in [-0.05, 0) is 23.8 Å². The average Bonchev–Trinajstić information content (AvgIpc) is 2.24. The minimum Gasteiger partial charge on any atom is -0.382 e. The van der Waals surface area contributed by atoms with Crippen LogP contribution in [0.5, 0.6) is 0 Å². The fraction of sp³-hybridized carbons (Fsp3) is 0.400. The highest BCUT2D eigenvalue weighted by Crippen LogP contribution is 2.37. The van der Waals surface area contributed by atoms with E-state index in [0.717, 1.165) is 0 Å². The lowest BCUT2D eigenvalue weighted by Crippen LogP contribution is -2.39. The van der Waals surface area contributed by atoms with Crippen LogP contribution >= 0.6 is 12.4 Å². The second-order valence-corrected chi connectivity index (χ2v) is 3.74. The molecule has 2 nitrogen and oxygen atoms in total. The van der Waals surface area contributed by atoms with E-state index in [9.17, 15) is 30.7 Å². The Morgan fingerprint density at radius 2 is 1.55 bits per heavy atom. The van der Waals surface area contributed by atoms with Crippen molar-refractivity contribution in [2.75, 3.05) is 0 Å². The van der Waals surface area contributed by atoms with Gasteiger partial charge in [-0.2, -0.15) is 26.3 Å². The van der Waals surface area contributed by atoms with Gasteiger partial charge in [-0.25, -0.2) is 4.39 Å². The molecule has 0 saturated carbocycles. The normalized spacial score (nSPS) is 15.4. The van der Waals surface area contributed by atoms with Crippen LogP contribution in [0, 0.1) is 5.82 Å². The van der Waals surface area contributed by atoms with Crippen LogP contribution in [0.1, 0.15) is 17.2 Å². The van der Waals surface area contributed by atoms with Crippen molar-refractivity contribution in [2.24, 2.45) is 5.73 Å². The van der Waals surface area contributed by atoms with Gasteiger partial charge in [0.05, 0.1) is 11.6 Å². The molecule has 0 aromatic heterocycles. The lowest BCUT2D eigenvalue weighted by atomic mass is 9.96. The average molecular weight is 328 g/mol. The van der Waals surface area contributed by atoms with Crippen molar-refractivity contribution in [2.45, 2.75) is 24.5 Å². The van der Waals surface area contributed by atoms with Crippen LogP contribution in [0.2, 0.25) is 0 Å². The Bertz CT molecular complexity index is 460. The van der Waals surface area contributed by atoms with E-state index in [4.69, 9.17) is 10.8 Å². The summed E-state index contributed by atoms with van der Waals surface area (Å²) in [6.07, 6.45) is -13.4. The van der Waals surface area contributed by atoms with Gasteiger partial charge in [-0.1, -0.05) is 0 Å². The summed E-state index contributed by atoms with van der Waals surface area (Å²) < 4.78 is 87.2. The third-order valence-electron chi connectivity index (χ3n) is 2.35. The van der Waals surface area contributed by atoms with E-state index in [1.54, 1.807) is 0 Å². The summed E-state index contributed by atoms with van der Waals surface area (Å²) in [6, 6.07) is -1.50. The fourth-order valence-electron chi connectivity index (χ4n) is 1.44. The molecule has 3 N–H and O–H groups in total. The Hall–Kier alpha value is -1.06. The molecule has 0 unspecified atom stereocenters. The van der Waals surface area contributed by atoms with E-state index in [1.807, 2.05) is 0 Å². The molecule has 1 rings (SSSR count). The number of hydrogen-bond donors (Lipinski definition) is 2. The number of halogens is 8. The van der Waals surface area contributed by atoms with Crippen molar-refractivity contribution in [1.82, 2.24) is 0 Å². The third kappa shape index (κ3) is 4.22. The second kappa shape index (κ2) is 6.15. The summed E-state index contributed by atoms with van der Waals surface area (Å²) in [5.41, 5.74) is 2.28. The van der Waals surface area contributed by atoms with Gasteiger partial charge in [-0.3, -0.25) is 0 Å². The molecule has 0 aliphatic rings. The summed E-state index contributed by atoms with van der Waals surface area (Å²) in [6.45, 7) is 0. The molecule has 1 aromatic carbocycles. The molecule has 0 spiro atoms. The van der Waals surface area contributed by atoms with Gasteiger partial charge in [0.25, 0.3) is 0 Å². The molecule has 0 amide bonds. The summed E-state index contributed by atoms with van der Waals surface area (Å²) in [4.78, 5) is 0. The quantitative estimate of drug-likeness (QED) is 0.820. The number of alkyl halides is 6. The van der Waals surface area contributed by atoms with Gasteiger partial charge in [0.15, 0.2) is 6.10 Å². The topological polar surface area (TPSA) is 46.2 Å². The summed E-state index contributed by atoms with van der Waals surface area (Å²) in [5.74, 6) is -1.19. The Morgan fingerprint density at radius 3 is 1.95 bits per heavy atom. The fourth-order valence-corrected chi connectivity index (χ4v) is 1.44. The number of nitrogens with two attached hydrogens (primary N) is 1. The summed E-state index contributed by atoms with van der Waals surface area (Å²) in [7, 11) is 0. The maximum Gasteiger partial charge on any atom is 0.416 e. The first kappa shape index (κ1) is 18.9. The molecule has 0 aliphatic carbocycles. The highest BCUT2D eigenvalue weighted by Gasteiger charge is 2.45. The summed E-state index contributed by atoms with van der Waals surface area (Å²) >= 11 is 0. The zero-order valence-corrected chi connectivity index (χ0v) is 10.3. The molecule has 0 aliphatic heterocycles. The third-order valence-corrected chi connectivity index (χ3v) is 2.35. The molecule has 0 bridgehead atoms. The van der Waals surface area contributed by atoms with E-state index < -0.39 is 41.4 Å². The van der Waals surface area contributed by atoms with Gasteiger partial charge in [0.2, 0.25) is 0 Å². The summed E-state index contributed by atoms with van der Waals surface area (Å²) in [5, 5.41) is 8.85. The first-order valence-electron chi connectivity index (χ1n) is 4.81. The van der Waals surface area contributed by atoms with Gasteiger partial charge in [0.1, 0.15) is 5.82 Å². The monoisotopic (exact) mass is 327 g/mol. The lowest BCUT2D eigenvalue weighted by Gasteiger charge is -2.24. The van der Waals surface area contributed by atoms with E-state index in [2.05, 4.69) is 0 Å². The Labute approximate surface area is 114 Å². The molecule has 0 radical (unpaired) electrons. The van der Waals surface area contributed by atoms with E-state index in [-0.39, 0.29) is 24.5 Å². The zero-order chi connectivity index (χ0) is 15.0. The van der Waals surface area contributed by atoms with Gasteiger partial charge >= 0.3 is 12.4 Å². The lowest BCUT2D eigenvalue weighted by molar-refractivity contribution is -0.211. The largest absolute Gasteiger partial charge is 0.416 e. The zero-order valence-electron chi connectivity index (χ0n) is 9.47. The predicted molar refractivity (Wildman–Crippen MR) is 57.6 cm³/mol. The first-order chi connectivity index (χ1) is 8.44. The molecule has 1 aromatic rings. The van der Waals surface area contributed by atoms with E-state index >= 15 is 0 Å². The van der Waals surface area contributed by atoms with Crippen molar-refractivity contribution in [1.29, 1.82) is 0 Å². The first-order valence-corrected chi connectivity index (χ1v) is 4.81. The number of aliphatic hydroxyl groups excluding tert-OH is 1. The van der Waals surface area contributed by atoms with Crippen LogP contribution in [0.4, 0.5) is 30.7 Å². The maximum atomic E-state index is 12.9. The standard InChI is InChI=1S/C10H8F7NO.ClH/c11-4-1-2-6(9(12,13)14)5(3-4)7(18)8(19)10(15,16)17;/h1-3,7-8,19H,18H2;1H/t7-,8-;/m0./s1. The molecule has 0 saturated heterocycles. The van der Waals surface area contributed by atoms with Crippen molar-refractivity contribution in [3.8, 4) is 0 Å². The van der Waals surface area contributed by atoms with Crippen LogP contribution in [0.3, 0.4) is 0 Å². The molecule has 20 heavy (non-hydrogen) atoms. The van der Waals surface area contributed by atoms with Crippen LogP contribution < -0.4 is 5.73 Å². The van der Waals surface area contributed by atoms with E-state index in [1.165, 1.54) is 0 Å². The second-order valence-electron chi connectivity index (χ2n) is 3.74. The molecule has 0 heterocycles. The van der Waals surface area contributed by atoms with Crippen molar-refractivity contribution < 1.29 is 35.8 Å². The number of aliphatic hydroxyl groups is 1. The Morgan fingerprint density at radius 1 is 1.05 bits per heavy atom. The number of hydrogen-bond acceptors (Lipinski definition) is 2. The van der Waals surface area contributed by atoms with Crippen LogP contribution in [0.15, 0.2) is 18.2 Å². The number of rotatable bonds is 2. The molecule has 10 heteroatoms. The molecular weight excluding hydrogens is 319 g/mol. The predicted octanol–water partition coefficient (Wildman–Crippen LogP) is 3.19. The smallest absolute Gasteiger partial charge is 0.382 e. The highest BCUT2D eigenvalue weighted by molar-refractivity contribution is 5.85. The minimum atomic E-state index is -5.21. The molecule has 2 atom stereocenters. The SMILES string of the molecule is Cl.N[C@@H](c1cc(F)ccc1C(F)(F)F)[C@H](O)C(F)(F)F. The van der Waals surface area contributed by atoms with Gasteiger partial charge in [0, 0.05) is 0 Å².